The number of hydrogen-bond donors (Lipinski definition) is 4. The minimum Gasteiger partial charge on any atom is -0.392 e. The molecule has 0 unspecified atom stereocenters. The molecule has 2 aromatic carbocycles. The van der Waals surface area contributed by atoms with Crippen LogP contribution in [0.4, 0.5) is 47.4 Å². The molecule has 4 fully saturated rings. The van der Waals surface area contributed by atoms with E-state index < -0.39 is 6.10 Å². The molecule has 2 atom stereocenters. The van der Waals surface area contributed by atoms with E-state index in [2.05, 4.69) is 59.4 Å². The van der Waals surface area contributed by atoms with E-state index in [1.807, 2.05) is 106 Å². The van der Waals surface area contributed by atoms with Crippen molar-refractivity contribution < 1.29 is 25.2 Å². The highest BCUT2D eigenvalue weighted by atomic mass is 32.1. The fourth-order valence-corrected chi connectivity index (χ4v) is 13.2. The number of rotatable bonds is 12. The van der Waals surface area contributed by atoms with Crippen LogP contribution in [0.5, 0.6) is 0 Å². The molecule has 95 heavy (non-hydrogen) atoms. The first kappa shape index (κ1) is 66.8. The van der Waals surface area contributed by atoms with Crippen LogP contribution in [0.3, 0.4) is 0 Å². The van der Waals surface area contributed by atoms with E-state index in [1.54, 1.807) is 36.1 Å². The molecule has 494 valence electrons. The maximum Gasteiger partial charge on any atom is 0.320 e. The lowest BCUT2D eigenvalue weighted by atomic mass is 10.1. The van der Waals surface area contributed by atoms with E-state index >= 15 is 0 Å². The third-order valence-corrected chi connectivity index (χ3v) is 18.6. The number of nitrogens with one attached hydrogen (secondary N) is 2. The Kier molecular flexibility index (Phi) is 21.9. The number of halogens is 2. The summed E-state index contributed by atoms with van der Waals surface area (Å²) in [6.07, 6.45) is 13.9. The van der Waals surface area contributed by atoms with Gasteiger partial charge in [-0.3, -0.25) is 8.80 Å². The van der Waals surface area contributed by atoms with Crippen LogP contribution >= 0.6 is 22.7 Å². The average Bonchev–Trinajstić information content (AvgIpc) is 1.61. The number of amides is 2. The van der Waals surface area contributed by atoms with Crippen LogP contribution in [0.1, 0.15) is 70.5 Å². The molecule has 4 aliphatic rings. The fourth-order valence-electron chi connectivity index (χ4n) is 11.5. The predicted molar refractivity (Wildman–Crippen MR) is 370 cm³/mol. The number of aliphatic hydroxyl groups excluding tert-OH is 2. The van der Waals surface area contributed by atoms with Gasteiger partial charge in [0, 0.05) is 158 Å². The molecule has 27 heteroatoms. The number of carbonyl (C=O) groups is 1. The third kappa shape index (κ3) is 15.2. The fraction of sp³-hybridized carbons (Fsp3) is 0.368. The summed E-state index contributed by atoms with van der Waals surface area (Å²) in [5, 5.41) is 45.7. The van der Waals surface area contributed by atoms with Crippen LogP contribution < -0.4 is 30.2 Å². The standard InChI is InChI=1S/C33H33FN10O2S.C28H26FN9S.C4H9NO.C2H6.CH4/c1-3-26-30(40(2)32-39-29(27(16-35)47-32)21-4-7-24(34)8-5-21)44-19-22(6-9-28(44)38-26)23-17-36-31(37-18-23)41-12-14-42(15-13-41)33(46)43-11-10-25(45)20-43;1-3-22-26(36(2)28-35-25(23(14-30)39-28)18-4-7-21(29)8-5-18)38-17-19(6-9-24(38)34-22)20-15-32-27(33-16-20)37-12-10-31-11-13-37;6-4-1-2-5-3-4;1-2;/h4-9,17-19,25,45H,3,10-15,20H2,1-2H3;4-9,15-17,31H,3,10-13H2,1-2H3;4-6H,1-3H2;1-2H3;1H4/t25-;;4-;;/m0.0../s1/i;;;1D;. The normalized spacial score (nSPS) is 16.1. The van der Waals surface area contributed by atoms with Crippen LogP contribution in [0, 0.1) is 34.3 Å². The molecule has 4 aliphatic heterocycles. The van der Waals surface area contributed by atoms with E-state index in [0.29, 0.717) is 107 Å². The number of β-amino-alcohol motifs (C(OH)–C–C–N with tert-alkyl or cyclic N) is 2. The van der Waals surface area contributed by atoms with Gasteiger partial charge in [-0.25, -0.2) is 53.4 Å². The first-order valence-corrected chi connectivity index (χ1v) is 32.9. The van der Waals surface area contributed by atoms with Gasteiger partial charge in [-0.05, 0) is 105 Å². The van der Waals surface area contributed by atoms with E-state index in [-0.39, 0.29) is 31.2 Å². The number of piperazine rings is 2. The Labute approximate surface area is 560 Å². The van der Waals surface area contributed by atoms with Gasteiger partial charge in [0.05, 0.1) is 23.6 Å². The van der Waals surface area contributed by atoms with Crippen LogP contribution in [0.2, 0.25) is 0 Å². The number of likely N-dealkylation sites (tertiary alicyclic amines) is 1. The molecule has 2 amide bonds. The van der Waals surface area contributed by atoms with Crippen LogP contribution in [0.15, 0.2) is 110 Å². The lowest BCUT2D eigenvalue weighted by Gasteiger charge is -2.36. The lowest BCUT2D eigenvalue weighted by molar-refractivity contribution is 0.144. The van der Waals surface area contributed by atoms with Gasteiger partial charge >= 0.3 is 6.03 Å². The first-order valence-electron chi connectivity index (χ1n) is 32.0. The molecule has 10 aromatic rings. The molecular weight excluding hydrogens is 1250 g/mol. The molecule has 14 rings (SSSR count). The third-order valence-electron chi connectivity index (χ3n) is 16.5. The number of carbonyl (C=O) groups excluding carboxylic acids is 1. The largest absolute Gasteiger partial charge is 0.392 e. The summed E-state index contributed by atoms with van der Waals surface area (Å²) < 4.78 is 37.3. The van der Waals surface area contributed by atoms with Crippen molar-refractivity contribution in [1.29, 1.82) is 10.5 Å². The smallest absolute Gasteiger partial charge is 0.320 e. The van der Waals surface area contributed by atoms with Crippen molar-refractivity contribution in [2.75, 3.05) is 112 Å². The molecule has 0 aliphatic carbocycles. The number of fused-ring (bicyclic) bond motifs is 2. The van der Waals surface area contributed by atoms with Crippen LogP contribution in [-0.2, 0) is 12.8 Å². The lowest BCUT2D eigenvalue weighted by Crippen LogP contribution is -2.53. The number of hydrogen-bond acceptors (Lipinski definition) is 21. The number of benzene rings is 2. The number of anilines is 6. The van der Waals surface area contributed by atoms with Crippen LogP contribution in [-0.4, -0.2) is 180 Å². The SMILES string of the molecule is C.CCc1nc2ccc(-c3cnc(N4CCN(C(=O)N5CC[C@H](O)C5)CC4)nc3)cn2c1N(C)c1nc(-c2ccc(F)cc2)c(C#N)s1.CCc1nc2ccc(-c3cnc(N4CCNCC4)nc3)cn2c1N(C)c1nc(-c2ccc(F)cc2)c(C#N)s1.O[C@H]1CCNC1.[2H]CC. The molecule has 0 radical (unpaired) electrons. The topological polar surface area (TPSA) is 261 Å². The number of urea groups is 1. The number of thiazole rings is 2. The minimum atomic E-state index is -0.430. The molecule has 0 saturated carbocycles. The van der Waals surface area contributed by atoms with Gasteiger partial charge in [-0.2, -0.15) is 10.5 Å². The number of nitriles is 2. The van der Waals surface area contributed by atoms with Gasteiger partial charge in [0.2, 0.25) is 11.9 Å². The van der Waals surface area contributed by atoms with Crippen molar-refractivity contribution in [2.24, 2.45) is 0 Å². The Morgan fingerprint density at radius 3 is 1.42 bits per heavy atom. The summed E-state index contributed by atoms with van der Waals surface area (Å²) in [5.74, 6) is 2.39. The summed E-state index contributed by atoms with van der Waals surface area (Å²) in [7, 11) is 3.83. The second kappa shape index (κ2) is 31.1. The maximum absolute atomic E-state index is 13.6. The summed E-state index contributed by atoms with van der Waals surface area (Å²) in [6, 6.07) is 24.5. The quantitative estimate of drug-likeness (QED) is 0.0886. The number of pyridine rings is 2. The average molecular weight is 1330 g/mol. The Hall–Kier alpha value is -9.61. The number of nitrogens with zero attached hydrogens (tertiary/aromatic N) is 18. The Bertz CT molecular complexity index is 4330. The molecule has 8 aromatic heterocycles. The molecule has 0 bridgehead atoms. The van der Waals surface area contributed by atoms with Crippen molar-refractivity contribution in [3.8, 4) is 56.9 Å². The van der Waals surface area contributed by atoms with Gasteiger partial charge in [0.1, 0.15) is 67.8 Å². The van der Waals surface area contributed by atoms with E-state index in [9.17, 15) is 29.2 Å². The summed E-state index contributed by atoms with van der Waals surface area (Å²) in [6.45, 7) is 15.2. The summed E-state index contributed by atoms with van der Waals surface area (Å²) in [4.78, 5) is 63.3. The zero-order chi connectivity index (χ0) is 66.7. The van der Waals surface area contributed by atoms with Crippen LogP contribution in [0.25, 0.3) is 56.1 Å². The number of imidazole rings is 2. The van der Waals surface area contributed by atoms with Crippen molar-refractivity contribution in [3.63, 3.8) is 0 Å². The predicted octanol–water partition coefficient (Wildman–Crippen LogP) is 10.2. The Morgan fingerprint density at radius 2 is 1.04 bits per heavy atom. The molecule has 4 saturated heterocycles. The van der Waals surface area contributed by atoms with E-state index in [1.165, 1.54) is 46.9 Å². The van der Waals surface area contributed by atoms with Gasteiger partial charge < -0.3 is 50.2 Å². The zero-order valence-electron chi connectivity index (χ0n) is 54.0. The summed E-state index contributed by atoms with van der Waals surface area (Å²) in [5.41, 5.74) is 9.45. The number of aliphatic hydroxyl groups is 2. The molecule has 12 heterocycles. The van der Waals surface area contributed by atoms with Gasteiger partial charge in [-0.15, -0.1) is 0 Å². The highest BCUT2D eigenvalue weighted by molar-refractivity contribution is 7.17. The minimum absolute atomic E-state index is 0. The van der Waals surface area contributed by atoms with E-state index in [4.69, 9.17) is 26.4 Å². The molecule has 0 spiro atoms. The number of aromatic nitrogens is 10. The monoisotopic (exact) mass is 1330 g/mol. The maximum atomic E-state index is 13.6. The first-order chi connectivity index (χ1) is 46.2. The Morgan fingerprint density at radius 1 is 0.600 bits per heavy atom. The molecule has 4 N–H and O–H groups in total. The van der Waals surface area contributed by atoms with E-state index in [0.717, 1.165) is 115 Å². The highest BCUT2D eigenvalue weighted by Crippen LogP contribution is 2.40. The van der Waals surface area contributed by atoms with Crippen molar-refractivity contribution in [1.82, 2.24) is 69.1 Å². The second-order valence-electron chi connectivity index (χ2n) is 22.5. The molecular formula is C68H78F2N20O3S2. The number of aryl methyl sites for hydroxylation is 2. The zero-order valence-corrected chi connectivity index (χ0v) is 54.6. The molecule has 23 nitrogen and oxygen atoms in total. The van der Waals surface area contributed by atoms with Crippen molar-refractivity contribution >= 4 is 73.8 Å². The highest BCUT2D eigenvalue weighted by Gasteiger charge is 2.31. The van der Waals surface area contributed by atoms with Gasteiger partial charge in [-0.1, -0.05) is 57.8 Å². The van der Waals surface area contributed by atoms with Gasteiger partial charge in [0.25, 0.3) is 0 Å². The van der Waals surface area contributed by atoms with Crippen molar-refractivity contribution in [3.05, 3.63) is 143 Å². The second-order valence-corrected chi connectivity index (χ2v) is 24.5. The van der Waals surface area contributed by atoms with Gasteiger partial charge in [0.15, 0.2) is 10.3 Å². The Balaban J connectivity index is 0.000000185. The summed E-state index contributed by atoms with van der Waals surface area (Å²) >= 11 is 2.57. The van der Waals surface area contributed by atoms with Crippen molar-refractivity contribution in [2.45, 2.75) is 73.0 Å².